The van der Waals surface area contributed by atoms with Gasteiger partial charge in [0.1, 0.15) is 0 Å². The van der Waals surface area contributed by atoms with Gasteiger partial charge in [0.25, 0.3) is 0 Å². The smallest absolute Gasteiger partial charge is 0.0542 e. The van der Waals surface area contributed by atoms with Crippen LogP contribution < -0.4 is 0 Å². The van der Waals surface area contributed by atoms with E-state index >= 15 is 0 Å². The van der Waals surface area contributed by atoms with E-state index in [2.05, 4.69) is 13.8 Å². The number of ether oxygens (including phenoxy) is 1. The Morgan fingerprint density at radius 1 is 1.00 bits per heavy atom. The molecule has 0 N–H and O–H groups in total. The third-order valence-corrected chi connectivity index (χ3v) is 3.03. The van der Waals surface area contributed by atoms with Gasteiger partial charge in [-0.25, -0.2) is 0 Å². The molecule has 0 spiro atoms. The van der Waals surface area contributed by atoms with Gasteiger partial charge in [-0.3, -0.25) is 0 Å². The van der Waals surface area contributed by atoms with Crippen molar-refractivity contribution >= 4 is 0 Å². The maximum Gasteiger partial charge on any atom is 0.0542 e. The van der Waals surface area contributed by atoms with Crippen molar-refractivity contribution in [2.45, 2.75) is 58.8 Å². The summed E-state index contributed by atoms with van der Waals surface area (Å²) < 4.78 is 5.23. The van der Waals surface area contributed by atoms with E-state index in [1.807, 2.05) is 0 Å². The van der Waals surface area contributed by atoms with Crippen molar-refractivity contribution in [3.8, 4) is 0 Å². The Balaban J connectivity index is 1.83. The Kier molecular flexibility index (Phi) is 4.79. The predicted molar refractivity (Wildman–Crippen MR) is 56.9 cm³/mol. The molecule has 0 saturated carbocycles. The summed E-state index contributed by atoms with van der Waals surface area (Å²) in [6.45, 7) is 6.62. The Bertz CT molecular complexity index is 127. The van der Waals surface area contributed by atoms with Gasteiger partial charge in [-0.05, 0) is 6.42 Å². The Morgan fingerprint density at radius 3 is 2.15 bits per heavy atom. The molecule has 1 aliphatic rings. The highest BCUT2D eigenvalue weighted by Gasteiger charge is 2.32. The highest BCUT2D eigenvalue weighted by Crippen LogP contribution is 2.32. The summed E-state index contributed by atoms with van der Waals surface area (Å²) in [5, 5.41) is 0. The molecule has 1 aliphatic heterocycles. The zero-order chi connectivity index (χ0) is 9.57. The lowest BCUT2D eigenvalue weighted by atomic mass is 9.83. The first-order chi connectivity index (χ1) is 6.27. The normalized spacial score (nSPS) is 19.8. The molecule has 0 radical (unpaired) electrons. The molecule has 1 saturated heterocycles. The van der Waals surface area contributed by atoms with E-state index in [9.17, 15) is 0 Å². The van der Waals surface area contributed by atoms with Crippen molar-refractivity contribution in [1.29, 1.82) is 0 Å². The minimum atomic E-state index is 0.546. The van der Waals surface area contributed by atoms with Crippen LogP contribution in [-0.2, 0) is 4.74 Å². The highest BCUT2D eigenvalue weighted by atomic mass is 16.5. The Morgan fingerprint density at radius 2 is 1.62 bits per heavy atom. The minimum Gasteiger partial charge on any atom is -0.380 e. The number of hydrogen-bond acceptors (Lipinski definition) is 1. The van der Waals surface area contributed by atoms with Crippen LogP contribution in [0.2, 0.25) is 0 Å². The first-order valence-electron chi connectivity index (χ1n) is 5.85. The van der Waals surface area contributed by atoms with Crippen LogP contribution in [0.3, 0.4) is 0 Å². The van der Waals surface area contributed by atoms with Crippen LogP contribution in [0.1, 0.15) is 58.8 Å². The third-order valence-electron chi connectivity index (χ3n) is 3.03. The summed E-state index contributed by atoms with van der Waals surface area (Å²) in [4.78, 5) is 0. The van der Waals surface area contributed by atoms with Crippen LogP contribution in [0.5, 0.6) is 0 Å². The van der Waals surface area contributed by atoms with Gasteiger partial charge in [-0.2, -0.15) is 0 Å². The summed E-state index contributed by atoms with van der Waals surface area (Å²) in [6, 6.07) is 0. The molecule has 0 aliphatic carbocycles. The van der Waals surface area contributed by atoms with Crippen molar-refractivity contribution in [1.82, 2.24) is 0 Å². The van der Waals surface area contributed by atoms with Crippen molar-refractivity contribution in [3.05, 3.63) is 0 Å². The molecular formula is C12H24O. The molecule has 0 aromatic rings. The van der Waals surface area contributed by atoms with Gasteiger partial charge in [0, 0.05) is 5.41 Å². The van der Waals surface area contributed by atoms with E-state index in [1.54, 1.807) is 0 Å². The maximum absolute atomic E-state index is 5.23. The van der Waals surface area contributed by atoms with Crippen molar-refractivity contribution in [2.24, 2.45) is 5.41 Å². The van der Waals surface area contributed by atoms with E-state index in [-0.39, 0.29) is 0 Å². The van der Waals surface area contributed by atoms with Crippen LogP contribution in [0.4, 0.5) is 0 Å². The second-order valence-corrected chi connectivity index (χ2v) is 4.82. The molecule has 1 nitrogen and oxygen atoms in total. The number of unbranched alkanes of at least 4 members (excludes halogenated alkanes) is 5. The fourth-order valence-corrected chi connectivity index (χ4v) is 1.93. The summed E-state index contributed by atoms with van der Waals surface area (Å²) in [5.74, 6) is 0. The van der Waals surface area contributed by atoms with E-state index in [1.165, 1.54) is 44.9 Å². The predicted octanol–water partition coefficient (Wildman–Crippen LogP) is 3.77. The van der Waals surface area contributed by atoms with Crippen LogP contribution >= 0.6 is 0 Å². The van der Waals surface area contributed by atoms with Gasteiger partial charge in [0.2, 0.25) is 0 Å². The topological polar surface area (TPSA) is 9.23 Å². The zero-order valence-electron chi connectivity index (χ0n) is 9.27. The molecular weight excluding hydrogens is 160 g/mol. The average Bonchev–Trinajstić information content (AvgIpc) is 2.08. The van der Waals surface area contributed by atoms with Crippen molar-refractivity contribution < 1.29 is 4.74 Å². The second-order valence-electron chi connectivity index (χ2n) is 4.82. The van der Waals surface area contributed by atoms with Gasteiger partial charge >= 0.3 is 0 Å². The van der Waals surface area contributed by atoms with Gasteiger partial charge < -0.3 is 4.74 Å². The van der Waals surface area contributed by atoms with Crippen LogP contribution in [-0.4, -0.2) is 13.2 Å². The molecule has 78 valence electrons. The summed E-state index contributed by atoms with van der Waals surface area (Å²) in [6.07, 6.45) is 9.85. The van der Waals surface area contributed by atoms with E-state index in [0.29, 0.717) is 5.41 Å². The van der Waals surface area contributed by atoms with Gasteiger partial charge in [0.15, 0.2) is 0 Å². The fraction of sp³-hybridized carbons (Fsp3) is 1.00. The molecule has 0 aromatic carbocycles. The van der Waals surface area contributed by atoms with Crippen LogP contribution in [0, 0.1) is 5.41 Å². The quantitative estimate of drug-likeness (QED) is 0.547. The molecule has 0 amide bonds. The number of rotatable bonds is 7. The van der Waals surface area contributed by atoms with Crippen LogP contribution in [0.15, 0.2) is 0 Å². The standard InChI is InChI=1S/C12H24O/c1-3-4-5-6-7-8-9-12(2)10-13-11-12/h3-11H2,1-2H3. The largest absolute Gasteiger partial charge is 0.380 e. The second kappa shape index (κ2) is 5.64. The molecule has 1 heterocycles. The molecule has 0 bridgehead atoms. The average molecular weight is 184 g/mol. The fourth-order valence-electron chi connectivity index (χ4n) is 1.93. The lowest BCUT2D eigenvalue weighted by molar-refractivity contribution is -0.106. The van der Waals surface area contributed by atoms with Gasteiger partial charge in [-0.15, -0.1) is 0 Å². The summed E-state index contributed by atoms with van der Waals surface area (Å²) in [7, 11) is 0. The van der Waals surface area contributed by atoms with Gasteiger partial charge in [0.05, 0.1) is 13.2 Å². The zero-order valence-corrected chi connectivity index (χ0v) is 9.27. The molecule has 0 aromatic heterocycles. The van der Waals surface area contributed by atoms with Gasteiger partial charge in [-0.1, -0.05) is 52.4 Å². The van der Waals surface area contributed by atoms with E-state index in [4.69, 9.17) is 4.74 Å². The first-order valence-corrected chi connectivity index (χ1v) is 5.85. The lowest BCUT2D eigenvalue weighted by Gasteiger charge is -2.38. The van der Waals surface area contributed by atoms with Crippen molar-refractivity contribution in [2.75, 3.05) is 13.2 Å². The minimum absolute atomic E-state index is 0.546. The summed E-state index contributed by atoms with van der Waals surface area (Å²) in [5.41, 5.74) is 0.546. The molecule has 1 fully saturated rings. The van der Waals surface area contributed by atoms with Crippen molar-refractivity contribution in [3.63, 3.8) is 0 Å². The Hall–Kier alpha value is -0.0400. The number of hydrogen-bond donors (Lipinski definition) is 0. The van der Waals surface area contributed by atoms with Crippen LogP contribution in [0.25, 0.3) is 0 Å². The SMILES string of the molecule is CCCCCCCCC1(C)COC1. The Labute approximate surface area is 82.9 Å². The molecule has 1 rings (SSSR count). The van der Waals surface area contributed by atoms with E-state index in [0.717, 1.165) is 13.2 Å². The molecule has 0 unspecified atom stereocenters. The molecule has 1 heteroatoms. The lowest BCUT2D eigenvalue weighted by Crippen LogP contribution is -2.39. The first kappa shape index (κ1) is 11.0. The summed E-state index contributed by atoms with van der Waals surface area (Å²) >= 11 is 0. The van der Waals surface area contributed by atoms with E-state index < -0.39 is 0 Å². The molecule has 13 heavy (non-hydrogen) atoms. The molecule has 0 atom stereocenters. The maximum atomic E-state index is 5.23. The third kappa shape index (κ3) is 4.12. The monoisotopic (exact) mass is 184 g/mol. The highest BCUT2D eigenvalue weighted by molar-refractivity contribution is 4.80.